The van der Waals surface area contributed by atoms with Gasteiger partial charge in [-0.05, 0) is 34.7 Å². The molecule has 0 radical (unpaired) electrons. The summed E-state index contributed by atoms with van der Waals surface area (Å²) in [5, 5.41) is 0. The molecule has 0 unspecified atom stereocenters. The molecule has 6 heteroatoms. The maximum Gasteiger partial charge on any atom is 0.232 e. The van der Waals surface area contributed by atoms with Gasteiger partial charge in [0.15, 0.2) is 0 Å². The summed E-state index contributed by atoms with van der Waals surface area (Å²) >= 11 is 1.86. The lowest BCUT2D eigenvalue weighted by Gasteiger charge is -2.18. The molecule has 1 aromatic rings. The zero-order chi connectivity index (χ0) is 12.5. The maximum absolute atomic E-state index is 13.3. The molecule has 86 valence electrons. The van der Waals surface area contributed by atoms with E-state index in [0.717, 1.165) is 10.6 Å². The molecule has 0 saturated carbocycles. The summed E-state index contributed by atoms with van der Waals surface area (Å²) in [5.74, 6) is 1.64. The molecule has 0 N–H and O–H groups in total. The number of anilines is 1. The lowest BCUT2D eigenvalue weighted by atomic mass is 10.2. The molecule has 16 heavy (non-hydrogen) atoms. The van der Waals surface area contributed by atoms with E-state index < -0.39 is 15.8 Å². The van der Waals surface area contributed by atoms with Crippen LogP contribution in [0.4, 0.5) is 10.1 Å². The summed E-state index contributed by atoms with van der Waals surface area (Å²) in [6, 6.07) is 2.56. The van der Waals surface area contributed by atoms with Gasteiger partial charge in [-0.2, -0.15) is 0 Å². The first kappa shape index (κ1) is 13.3. The highest BCUT2D eigenvalue weighted by Crippen LogP contribution is 2.26. The second-order valence-corrected chi connectivity index (χ2v) is 6.33. The van der Waals surface area contributed by atoms with Gasteiger partial charge in [-0.25, -0.2) is 12.8 Å². The normalized spacial score (nSPS) is 10.9. The second-order valence-electron chi connectivity index (χ2n) is 3.16. The average Bonchev–Trinajstić information content (AvgIpc) is 2.15. The standard InChI is InChI=1S/C10H9FINO2S/c1-4-7-5-10(9(12)6-8(7)11)13(2)16(3,14)15/h1,5-6H,2-3H3. The molecule has 1 aromatic carbocycles. The molecule has 0 aliphatic carbocycles. The third kappa shape index (κ3) is 2.65. The molecule has 1 rings (SSSR count). The Morgan fingerprint density at radius 1 is 1.50 bits per heavy atom. The van der Waals surface area contributed by atoms with Gasteiger partial charge in [-0.1, -0.05) is 5.92 Å². The van der Waals surface area contributed by atoms with Crippen molar-refractivity contribution < 1.29 is 12.8 Å². The highest BCUT2D eigenvalue weighted by atomic mass is 127. The average molecular weight is 353 g/mol. The van der Waals surface area contributed by atoms with Crippen molar-refractivity contribution in [3.8, 4) is 12.3 Å². The van der Waals surface area contributed by atoms with Crippen LogP contribution in [0.3, 0.4) is 0 Å². The Morgan fingerprint density at radius 3 is 2.50 bits per heavy atom. The van der Waals surface area contributed by atoms with Crippen molar-refractivity contribution >= 4 is 38.3 Å². The first-order valence-corrected chi connectivity index (χ1v) is 7.09. The van der Waals surface area contributed by atoms with Crippen molar-refractivity contribution in [2.45, 2.75) is 0 Å². The molecule has 0 spiro atoms. The van der Waals surface area contributed by atoms with Gasteiger partial charge in [0.2, 0.25) is 10.0 Å². The molecular formula is C10H9FINO2S. The Bertz CT molecular complexity index is 563. The number of terminal acetylenes is 1. The van der Waals surface area contributed by atoms with E-state index in [4.69, 9.17) is 6.42 Å². The van der Waals surface area contributed by atoms with Crippen molar-refractivity contribution in [3.63, 3.8) is 0 Å². The largest absolute Gasteiger partial charge is 0.272 e. The molecule has 0 saturated heterocycles. The molecule has 0 bridgehead atoms. The van der Waals surface area contributed by atoms with Crippen molar-refractivity contribution in [2.75, 3.05) is 17.6 Å². The van der Waals surface area contributed by atoms with E-state index in [1.807, 2.05) is 22.6 Å². The van der Waals surface area contributed by atoms with Crippen molar-refractivity contribution in [1.82, 2.24) is 0 Å². The Morgan fingerprint density at radius 2 is 2.06 bits per heavy atom. The predicted molar refractivity (Wildman–Crippen MR) is 70.3 cm³/mol. The number of nitrogens with zero attached hydrogens (tertiary/aromatic N) is 1. The van der Waals surface area contributed by atoms with Crippen LogP contribution in [-0.4, -0.2) is 21.7 Å². The zero-order valence-electron chi connectivity index (χ0n) is 8.66. The van der Waals surface area contributed by atoms with Gasteiger partial charge in [0.1, 0.15) is 5.82 Å². The highest BCUT2D eigenvalue weighted by molar-refractivity contribution is 14.1. The van der Waals surface area contributed by atoms with E-state index in [2.05, 4.69) is 5.92 Å². The van der Waals surface area contributed by atoms with Gasteiger partial charge < -0.3 is 0 Å². The van der Waals surface area contributed by atoms with E-state index >= 15 is 0 Å². The first-order valence-electron chi connectivity index (χ1n) is 4.17. The van der Waals surface area contributed by atoms with Crippen LogP contribution in [0.5, 0.6) is 0 Å². The first-order chi connectivity index (χ1) is 7.27. The summed E-state index contributed by atoms with van der Waals surface area (Å²) in [4.78, 5) is 0. The van der Waals surface area contributed by atoms with Crippen LogP contribution < -0.4 is 4.31 Å². The molecule has 0 aliphatic heterocycles. The van der Waals surface area contributed by atoms with E-state index in [9.17, 15) is 12.8 Å². The molecule has 0 heterocycles. The minimum absolute atomic E-state index is 0.0471. The van der Waals surface area contributed by atoms with Crippen molar-refractivity contribution in [1.29, 1.82) is 0 Å². The molecule has 3 nitrogen and oxygen atoms in total. The van der Waals surface area contributed by atoms with E-state index in [1.54, 1.807) is 0 Å². The monoisotopic (exact) mass is 353 g/mol. The minimum atomic E-state index is -3.38. The molecule has 0 amide bonds. The summed E-state index contributed by atoms with van der Waals surface area (Å²) in [5.41, 5.74) is 0.420. The second kappa shape index (κ2) is 4.59. The Labute approximate surface area is 108 Å². The van der Waals surface area contributed by atoms with Gasteiger partial charge in [0.25, 0.3) is 0 Å². The predicted octanol–water partition coefficient (Wildman–Crippen LogP) is 1.81. The Kier molecular flexibility index (Phi) is 3.80. The summed E-state index contributed by atoms with van der Waals surface area (Å²) in [6.07, 6.45) is 6.19. The SMILES string of the molecule is C#Cc1cc(N(C)S(C)(=O)=O)c(I)cc1F. The highest BCUT2D eigenvalue weighted by Gasteiger charge is 2.17. The number of benzene rings is 1. The summed E-state index contributed by atoms with van der Waals surface area (Å²) < 4.78 is 37.5. The quantitative estimate of drug-likeness (QED) is 0.601. The summed E-state index contributed by atoms with van der Waals surface area (Å²) in [7, 11) is -1.98. The summed E-state index contributed by atoms with van der Waals surface area (Å²) in [6.45, 7) is 0. The van der Waals surface area contributed by atoms with E-state index in [1.165, 1.54) is 19.2 Å². The number of halogens is 2. The maximum atomic E-state index is 13.3. The fourth-order valence-electron chi connectivity index (χ4n) is 1.07. The van der Waals surface area contributed by atoms with Crippen LogP contribution in [0.1, 0.15) is 5.56 Å². The number of rotatable bonds is 2. The van der Waals surface area contributed by atoms with Crippen LogP contribution in [0.2, 0.25) is 0 Å². The molecule has 0 aromatic heterocycles. The van der Waals surface area contributed by atoms with Crippen LogP contribution in [0, 0.1) is 21.7 Å². The van der Waals surface area contributed by atoms with Crippen LogP contribution in [0.25, 0.3) is 0 Å². The van der Waals surface area contributed by atoms with Crippen LogP contribution in [0.15, 0.2) is 12.1 Å². The minimum Gasteiger partial charge on any atom is -0.272 e. The van der Waals surface area contributed by atoms with Crippen LogP contribution >= 0.6 is 22.6 Å². The molecular weight excluding hydrogens is 344 g/mol. The Hall–Kier alpha value is -0.810. The number of hydrogen-bond donors (Lipinski definition) is 0. The third-order valence-electron chi connectivity index (χ3n) is 2.03. The number of hydrogen-bond acceptors (Lipinski definition) is 2. The topological polar surface area (TPSA) is 37.4 Å². The lowest BCUT2D eigenvalue weighted by molar-refractivity contribution is 0.599. The number of sulfonamides is 1. The lowest BCUT2D eigenvalue weighted by Crippen LogP contribution is -2.25. The fraction of sp³-hybridized carbons (Fsp3) is 0.200. The smallest absolute Gasteiger partial charge is 0.232 e. The van der Waals surface area contributed by atoms with Gasteiger partial charge in [-0.15, -0.1) is 6.42 Å². The van der Waals surface area contributed by atoms with Crippen molar-refractivity contribution in [3.05, 3.63) is 27.1 Å². The van der Waals surface area contributed by atoms with Gasteiger partial charge in [0, 0.05) is 10.6 Å². The Balaban J connectivity index is 3.42. The van der Waals surface area contributed by atoms with Crippen molar-refractivity contribution in [2.24, 2.45) is 0 Å². The van der Waals surface area contributed by atoms with E-state index in [0.29, 0.717) is 9.26 Å². The van der Waals surface area contributed by atoms with Crippen LogP contribution in [-0.2, 0) is 10.0 Å². The van der Waals surface area contributed by atoms with Gasteiger partial charge in [-0.3, -0.25) is 4.31 Å². The zero-order valence-corrected chi connectivity index (χ0v) is 11.6. The third-order valence-corrected chi connectivity index (χ3v) is 4.08. The molecule has 0 fully saturated rings. The van der Waals surface area contributed by atoms with E-state index in [-0.39, 0.29) is 5.56 Å². The van der Waals surface area contributed by atoms with Gasteiger partial charge in [0.05, 0.1) is 17.5 Å². The molecule has 0 atom stereocenters. The molecule has 0 aliphatic rings. The fourth-order valence-corrected chi connectivity index (χ4v) is 2.53. The van der Waals surface area contributed by atoms with Gasteiger partial charge >= 0.3 is 0 Å².